The van der Waals surface area contributed by atoms with E-state index in [1.54, 1.807) is 29.2 Å². The average Bonchev–Trinajstić information content (AvgIpc) is 2.79. The second kappa shape index (κ2) is 10.7. The first-order valence-electron chi connectivity index (χ1n) is 10.3. The van der Waals surface area contributed by atoms with Crippen molar-refractivity contribution in [2.24, 2.45) is 5.92 Å². The van der Waals surface area contributed by atoms with Crippen LogP contribution in [0.3, 0.4) is 0 Å². The fourth-order valence-electron chi connectivity index (χ4n) is 3.37. The van der Waals surface area contributed by atoms with Crippen molar-refractivity contribution in [1.82, 2.24) is 4.90 Å². The fraction of sp³-hybridized carbons (Fsp3) is 0.391. The summed E-state index contributed by atoms with van der Waals surface area (Å²) in [5, 5.41) is 0.624. The minimum absolute atomic E-state index is 0.194. The molecule has 2 aromatic rings. The van der Waals surface area contributed by atoms with Crippen LogP contribution >= 0.6 is 11.6 Å². The molecule has 1 amide bonds. The third-order valence-electron chi connectivity index (χ3n) is 5.19. The summed E-state index contributed by atoms with van der Waals surface area (Å²) >= 11 is 5.81. The van der Waals surface area contributed by atoms with Crippen molar-refractivity contribution in [2.45, 2.75) is 25.4 Å². The number of benzene rings is 2. The average molecular weight is 470 g/mol. The minimum Gasteiger partial charge on any atom is -0.493 e. The monoisotopic (exact) mass is 469 g/mol. The van der Waals surface area contributed by atoms with E-state index >= 15 is 0 Å². The van der Waals surface area contributed by atoms with Gasteiger partial charge in [0.2, 0.25) is 0 Å². The first kappa shape index (κ1) is 23.9. The van der Waals surface area contributed by atoms with Gasteiger partial charge < -0.3 is 14.4 Å². The second-order valence-electron chi connectivity index (χ2n) is 7.47. The van der Waals surface area contributed by atoms with Crippen LogP contribution in [-0.2, 0) is 15.7 Å². The lowest BCUT2D eigenvalue weighted by atomic mass is 9.96. The molecule has 1 aliphatic rings. The Balaban J connectivity index is 1.36. The summed E-state index contributed by atoms with van der Waals surface area (Å²) in [6, 6.07) is 11.1. The minimum atomic E-state index is -4.44. The van der Waals surface area contributed by atoms with Crippen LogP contribution in [0.15, 0.2) is 48.5 Å². The number of piperidine rings is 1. The summed E-state index contributed by atoms with van der Waals surface area (Å²) in [7, 11) is 0. The molecule has 0 N–H and O–H groups in total. The quantitative estimate of drug-likeness (QED) is 0.412. The Kier molecular flexibility index (Phi) is 8.01. The smallest absolute Gasteiger partial charge is 0.416 e. The zero-order chi connectivity index (χ0) is 23.1. The van der Waals surface area contributed by atoms with Gasteiger partial charge in [-0.3, -0.25) is 9.59 Å². The highest BCUT2D eigenvalue weighted by molar-refractivity contribution is 6.30. The summed E-state index contributed by atoms with van der Waals surface area (Å²) in [4.78, 5) is 26.3. The molecule has 0 spiro atoms. The normalized spacial score (nSPS) is 14.8. The number of hydrogen-bond donors (Lipinski definition) is 0. The maximum absolute atomic E-state index is 12.7. The Hall–Kier alpha value is -2.74. The van der Waals surface area contributed by atoms with Crippen LogP contribution in [0.2, 0.25) is 5.02 Å². The molecule has 9 heteroatoms. The van der Waals surface area contributed by atoms with Gasteiger partial charge in [0.25, 0.3) is 5.91 Å². The molecule has 0 saturated carbocycles. The second-order valence-corrected chi connectivity index (χ2v) is 7.90. The van der Waals surface area contributed by atoms with Crippen LogP contribution in [0.25, 0.3) is 0 Å². The van der Waals surface area contributed by atoms with E-state index in [1.165, 1.54) is 12.1 Å². The Morgan fingerprint density at radius 3 is 2.19 bits per heavy atom. The predicted octanol–water partition coefficient (Wildman–Crippen LogP) is 5.22. The van der Waals surface area contributed by atoms with Gasteiger partial charge in [0, 0.05) is 30.1 Å². The highest BCUT2D eigenvalue weighted by Gasteiger charge is 2.31. The maximum Gasteiger partial charge on any atom is 0.416 e. The number of carbonyl (C=O) groups excluding carboxylic acids is 2. The molecule has 0 unspecified atom stereocenters. The number of halogens is 4. The number of rotatable bonds is 7. The van der Waals surface area contributed by atoms with E-state index in [4.69, 9.17) is 21.1 Å². The number of carbonyl (C=O) groups is 2. The predicted molar refractivity (Wildman–Crippen MR) is 113 cm³/mol. The first-order chi connectivity index (χ1) is 15.2. The van der Waals surface area contributed by atoms with Gasteiger partial charge in [-0.05, 0) is 61.4 Å². The van der Waals surface area contributed by atoms with Gasteiger partial charge in [0.05, 0.1) is 24.7 Å². The molecule has 3 rings (SSSR count). The van der Waals surface area contributed by atoms with Gasteiger partial charge in [0.15, 0.2) is 0 Å². The van der Waals surface area contributed by atoms with Gasteiger partial charge in [-0.25, -0.2) is 0 Å². The number of nitrogens with zero attached hydrogens (tertiary/aromatic N) is 1. The van der Waals surface area contributed by atoms with Crippen molar-refractivity contribution in [3.05, 3.63) is 64.7 Å². The van der Waals surface area contributed by atoms with E-state index in [2.05, 4.69) is 0 Å². The van der Waals surface area contributed by atoms with Crippen molar-refractivity contribution in [3.8, 4) is 5.75 Å². The van der Waals surface area contributed by atoms with E-state index in [0.29, 0.717) is 49.7 Å². The molecule has 32 heavy (non-hydrogen) atoms. The van der Waals surface area contributed by atoms with Crippen LogP contribution < -0.4 is 4.74 Å². The number of ether oxygens (including phenoxy) is 2. The van der Waals surface area contributed by atoms with E-state index in [0.717, 1.165) is 12.1 Å². The molecular weight excluding hydrogens is 447 g/mol. The van der Waals surface area contributed by atoms with E-state index in [-0.39, 0.29) is 30.0 Å². The molecule has 0 aliphatic carbocycles. The lowest BCUT2D eigenvalue weighted by Gasteiger charge is -2.31. The fourth-order valence-corrected chi connectivity index (χ4v) is 3.50. The summed E-state index contributed by atoms with van der Waals surface area (Å²) in [5.74, 6) is -0.266. The molecule has 0 atom stereocenters. The van der Waals surface area contributed by atoms with Crippen LogP contribution in [-0.4, -0.2) is 43.1 Å². The standard InChI is InChI=1S/C23H23ClF3NO4/c24-19-6-8-20(9-7-19)31-14-1-15-32-22(30)17-10-12-28(13-11-17)21(29)16-2-4-18(5-3-16)23(25,26)27/h2-9,17H,1,10-15H2. The van der Waals surface area contributed by atoms with Gasteiger partial charge >= 0.3 is 12.1 Å². The summed E-state index contributed by atoms with van der Waals surface area (Å²) in [6.45, 7) is 1.32. The molecule has 0 bridgehead atoms. The number of hydrogen-bond acceptors (Lipinski definition) is 4. The Morgan fingerprint density at radius 1 is 0.969 bits per heavy atom. The largest absolute Gasteiger partial charge is 0.493 e. The van der Waals surface area contributed by atoms with Gasteiger partial charge in [-0.1, -0.05) is 11.6 Å². The number of alkyl halides is 3. The molecule has 5 nitrogen and oxygen atoms in total. The highest BCUT2D eigenvalue weighted by atomic mass is 35.5. The van der Waals surface area contributed by atoms with Crippen LogP contribution in [0.5, 0.6) is 5.75 Å². The zero-order valence-electron chi connectivity index (χ0n) is 17.2. The maximum atomic E-state index is 12.7. The number of amides is 1. The SMILES string of the molecule is O=C(OCCCOc1ccc(Cl)cc1)C1CCN(C(=O)c2ccc(C(F)(F)F)cc2)CC1. The molecule has 0 radical (unpaired) electrons. The lowest BCUT2D eigenvalue weighted by Crippen LogP contribution is -2.40. The van der Waals surface area contributed by atoms with E-state index < -0.39 is 11.7 Å². The van der Waals surface area contributed by atoms with Gasteiger partial charge in [0.1, 0.15) is 5.75 Å². The van der Waals surface area contributed by atoms with E-state index in [1.807, 2.05) is 0 Å². The van der Waals surface area contributed by atoms with Crippen LogP contribution in [0, 0.1) is 5.92 Å². The molecule has 172 valence electrons. The van der Waals surface area contributed by atoms with Gasteiger partial charge in [-0.15, -0.1) is 0 Å². The zero-order valence-corrected chi connectivity index (χ0v) is 18.0. The molecular formula is C23H23ClF3NO4. The van der Waals surface area contributed by atoms with Crippen molar-refractivity contribution in [3.63, 3.8) is 0 Å². The van der Waals surface area contributed by atoms with Gasteiger partial charge in [-0.2, -0.15) is 13.2 Å². The summed E-state index contributed by atoms with van der Waals surface area (Å²) < 4.78 is 48.9. The Morgan fingerprint density at radius 2 is 1.59 bits per heavy atom. The number of likely N-dealkylation sites (tertiary alicyclic amines) is 1. The molecule has 2 aromatic carbocycles. The summed E-state index contributed by atoms with van der Waals surface area (Å²) in [6.07, 6.45) is -3.00. The molecule has 1 fully saturated rings. The summed E-state index contributed by atoms with van der Waals surface area (Å²) in [5.41, 5.74) is -0.603. The van der Waals surface area contributed by atoms with Crippen molar-refractivity contribution in [2.75, 3.05) is 26.3 Å². The van der Waals surface area contributed by atoms with Crippen molar-refractivity contribution in [1.29, 1.82) is 0 Å². The van der Waals surface area contributed by atoms with Crippen LogP contribution in [0.4, 0.5) is 13.2 Å². The number of esters is 1. The highest BCUT2D eigenvalue weighted by Crippen LogP contribution is 2.29. The topological polar surface area (TPSA) is 55.8 Å². The third kappa shape index (κ3) is 6.63. The van der Waals surface area contributed by atoms with Crippen LogP contribution in [0.1, 0.15) is 35.2 Å². The molecule has 0 aromatic heterocycles. The lowest BCUT2D eigenvalue weighted by molar-refractivity contribution is -0.150. The Bertz CT molecular complexity index is 908. The third-order valence-corrected chi connectivity index (χ3v) is 5.44. The first-order valence-corrected chi connectivity index (χ1v) is 10.6. The molecule has 1 saturated heterocycles. The molecule has 1 heterocycles. The van der Waals surface area contributed by atoms with E-state index in [9.17, 15) is 22.8 Å². The molecule has 1 aliphatic heterocycles. The Labute approximate surface area is 189 Å². The van der Waals surface area contributed by atoms with Crippen molar-refractivity contribution >= 4 is 23.5 Å². The van der Waals surface area contributed by atoms with Crippen molar-refractivity contribution < 1.29 is 32.2 Å².